The second kappa shape index (κ2) is 15.6. The second-order valence-electron chi connectivity index (χ2n) is 18.6. The van der Waals surface area contributed by atoms with Crippen LogP contribution >= 0.6 is 0 Å². The van der Waals surface area contributed by atoms with Gasteiger partial charge in [-0.3, -0.25) is 0 Å². The summed E-state index contributed by atoms with van der Waals surface area (Å²) in [5.41, 5.74) is 9.53. The molecule has 0 spiro atoms. The van der Waals surface area contributed by atoms with Gasteiger partial charge in [0.1, 0.15) is 0 Å². The van der Waals surface area contributed by atoms with Gasteiger partial charge in [0.15, 0.2) is 0 Å². The molecule has 10 aromatic carbocycles. The van der Waals surface area contributed by atoms with Crippen molar-refractivity contribution >= 4 is 104 Å². The SMILES string of the molecule is C[Si](C)(C)c1ccc2c(N(c3ccccc3)c3ccccc3)c3ccccc3c(-c3c4ccccc4c(N(c4ccccc4)c4ccccc4)c4ccc([Si](C)(C)C)cc34)c2c1. The van der Waals surface area contributed by atoms with Crippen molar-refractivity contribution in [3.63, 3.8) is 0 Å². The van der Waals surface area contributed by atoms with Crippen molar-refractivity contribution in [1.29, 1.82) is 0 Å². The molecule has 10 rings (SSSR count). The maximum absolute atomic E-state index is 2.57. The topological polar surface area (TPSA) is 6.48 Å². The molecule has 0 aromatic heterocycles. The van der Waals surface area contributed by atoms with E-state index in [2.05, 4.69) is 255 Å². The Morgan fingerprint density at radius 1 is 0.258 bits per heavy atom. The van der Waals surface area contributed by atoms with Crippen molar-refractivity contribution in [1.82, 2.24) is 0 Å². The lowest BCUT2D eigenvalue weighted by atomic mass is 9.84. The minimum Gasteiger partial charge on any atom is -0.309 e. The average molecular weight is 833 g/mol. The van der Waals surface area contributed by atoms with Gasteiger partial charge in [-0.2, -0.15) is 0 Å². The molecule has 0 aliphatic carbocycles. The van der Waals surface area contributed by atoms with Crippen molar-refractivity contribution < 1.29 is 0 Å². The summed E-state index contributed by atoms with van der Waals surface area (Å²) in [4.78, 5) is 4.95. The zero-order valence-electron chi connectivity index (χ0n) is 36.5. The third-order valence-corrected chi connectivity index (χ3v) is 16.6. The molecule has 0 unspecified atom stereocenters. The zero-order valence-corrected chi connectivity index (χ0v) is 38.5. The number of para-hydroxylation sites is 4. The molecule has 0 saturated heterocycles. The van der Waals surface area contributed by atoms with Gasteiger partial charge in [0.25, 0.3) is 0 Å². The van der Waals surface area contributed by atoms with E-state index >= 15 is 0 Å². The van der Waals surface area contributed by atoms with Gasteiger partial charge in [0.2, 0.25) is 0 Å². The molecule has 0 atom stereocenters. The summed E-state index contributed by atoms with van der Waals surface area (Å²) in [7, 11) is -3.54. The Morgan fingerprint density at radius 2 is 0.516 bits per heavy atom. The summed E-state index contributed by atoms with van der Waals surface area (Å²) in [5.74, 6) is 0. The van der Waals surface area contributed by atoms with Gasteiger partial charge in [0.05, 0.1) is 27.5 Å². The lowest BCUT2D eigenvalue weighted by Crippen LogP contribution is -2.37. The molecule has 0 heterocycles. The molecule has 0 amide bonds. The highest BCUT2D eigenvalue weighted by molar-refractivity contribution is 6.89. The van der Waals surface area contributed by atoms with Gasteiger partial charge in [-0.25, -0.2) is 0 Å². The summed E-state index contributed by atoms with van der Waals surface area (Å²) >= 11 is 0. The van der Waals surface area contributed by atoms with Crippen LogP contribution in [0.15, 0.2) is 206 Å². The van der Waals surface area contributed by atoms with Gasteiger partial charge < -0.3 is 9.80 Å². The summed E-state index contributed by atoms with van der Waals surface area (Å²) < 4.78 is 0. The first kappa shape index (κ1) is 39.4. The Kier molecular flexibility index (Phi) is 9.94. The fourth-order valence-corrected chi connectivity index (χ4v) is 11.7. The molecule has 0 aliphatic heterocycles. The molecule has 10 aromatic rings. The highest BCUT2D eigenvalue weighted by Crippen LogP contribution is 2.53. The first-order valence-electron chi connectivity index (χ1n) is 21.9. The third kappa shape index (κ3) is 6.90. The molecule has 0 radical (unpaired) electrons. The molecule has 62 heavy (non-hydrogen) atoms. The van der Waals surface area contributed by atoms with Crippen LogP contribution in [0.2, 0.25) is 39.3 Å². The van der Waals surface area contributed by atoms with Crippen LogP contribution in [0.1, 0.15) is 0 Å². The normalized spacial score (nSPS) is 12.0. The van der Waals surface area contributed by atoms with Crippen molar-refractivity contribution in [3.05, 3.63) is 206 Å². The Balaban J connectivity index is 1.42. The largest absolute Gasteiger partial charge is 0.309 e. The predicted octanol–water partition coefficient (Wildman–Crippen LogP) is 16.0. The molecule has 4 heteroatoms. The first-order chi connectivity index (χ1) is 30.1. The highest BCUT2D eigenvalue weighted by atomic mass is 28.3. The lowest BCUT2D eigenvalue weighted by molar-refractivity contribution is 1.31. The van der Waals surface area contributed by atoms with Crippen LogP contribution in [-0.4, -0.2) is 16.1 Å². The molecule has 0 N–H and O–H groups in total. The van der Waals surface area contributed by atoms with E-state index in [1.807, 2.05) is 0 Å². The first-order valence-corrected chi connectivity index (χ1v) is 28.9. The predicted molar refractivity (Wildman–Crippen MR) is 277 cm³/mol. The molecule has 0 aliphatic rings. The monoisotopic (exact) mass is 832 g/mol. The number of nitrogens with zero attached hydrogens (tertiary/aromatic N) is 2. The van der Waals surface area contributed by atoms with E-state index < -0.39 is 16.1 Å². The molecule has 2 nitrogen and oxygen atoms in total. The van der Waals surface area contributed by atoms with Crippen LogP contribution in [0.25, 0.3) is 54.2 Å². The summed E-state index contributed by atoms with van der Waals surface area (Å²) in [6.07, 6.45) is 0. The van der Waals surface area contributed by atoms with Crippen LogP contribution in [0, 0.1) is 0 Å². The standard InChI is InChI=1S/C58H52N2Si2/c1-61(2,3)45-35-37-51-53(39-45)55(47-31-19-21-33-49(47)57(51)59(41-23-11-7-12-24-41)42-25-13-8-14-26-42)56-48-32-20-22-34-50(48)58(52-38-36-46(40-54(52)56)62(4,5)6)60(43-27-15-9-16-28-43)44-29-17-10-18-30-44/h7-40H,1-6H3. The Labute approximate surface area is 368 Å². The van der Waals surface area contributed by atoms with E-state index in [-0.39, 0.29) is 0 Å². The van der Waals surface area contributed by atoms with Crippen LogP contribution in [0.4, 0.5) is 34.1 Å². The Morgan fingerprint density at radius 3 is 0.806 bits per heavy atom. The minimum absolute atomic E-state index is 1.13. The number of anilines is 6. The van der Waals surface area contributed by atoms with Crippen LogP contribution in [0.3, 0.4) is 0 Å². The average Bonchev–Trinajstić information content (AvgIpc) is 3.30. The summed E-state index contributed by atoms with van der Waals surface area (Å²) in [6.45, 7) is 14.8. The highest BCUT2D eigenvalue weighted by Gasteiger charge is 2.29. The summed E-state index contributed by atoms with van der Waals surface area (Å²) in [6, 6.07) is 76.7. The second-order valence-corrected chi connectivity index (χ2v) is 28.7. The van der Waals surface area contributed by atoms with Gasteiger partial charge in [0, 0.05) is 44.3 Å². The van der Waals surface area contributed by atoms with Gasteiger partial charge in [-0.1, -0.05) is 207 Å². The molecule has 0 bridgehead atoms. The van der Waals surface area contributed by atoms with Crippen molar-refractivity contribution in [2.24, 2.45) is 0 Å². The fourth-order valence-electron chi connectivity index (χ4n) is 9.39. The Hall–Kier alpha value is -6.73. The van der Waals surface area contributed by atoms with Crippen LogP contribution < -0.4 is 20.2 Å². The maximum atomic E-state index is 2.57. The zero-order chi connectivity index (χ0) is 42.6. The number of rotatable bonds is 9. The maximum Gasteiger partial charge on any atom is 0.0776 e. The van der Waals surface area contributed by atoms with E-state index in [1.54, 1.807) is 0 Å². The van der Waals surface area contributed by atoms with Crippen molar-refractivity contribution in [3.8, 4) is 11.1 Å². The molecular formula is C58H52N2Si2. The summed E-state index contributed by atoms with van der Waals surface area (Å²) in [5, 5.41) is 12.9. The number of fused-ring (bicyclic) bond motifs is 4. The van der Waals surface area contributed by atoms with E-state index in [0.29, 0.717) is 0 Å². The van der Waals surface area contributed by atoms with E-state index in [9.17, 15) is 0 Å². The number of benzene rings is 10. The van der Waals surface area contributed by atoms with E-state index in [1.165, 1.54) is 76.0 Å². The van der Waals surface area contributed by atoms with Crippen molar-refractivity contribution in [2.45, 2.75) is 39.3 Å². The van der Waals surface area contributed by atoms with Gasteiger partial charge in [-0.05, 0) is 81.2 Å². The molecule has 0 fully saturated rings. The molecule has 302 valence electrons. The van der Waals surface area contributed by atoms with Gasteiger partial charge >= 0.3 is 0 Å². The van der Waals surface area contributed by atoms with E-state index in [0.717, 1.165) is 22.7 Å². The minimum atomic E-state index is -1.77. The smallest absolute Gasteiger partial charge is 0.0776 e. The number of hydrogen-bond acceptors (Lipinski definition) is 2. The van der Waals surface area contributed by atoms with Crippen LogP contribution in [0.5, 0.6) is 0 Å². The lowest BCUT2D eigenvalue weighted by Gasteiger charge is -2.32. The third-order valence-electron chi connectivity index (χ3n) is 12.5. The Bertz CT molecular complexity index is 2940. The van der Waals surface area contributed by atoms with E-state index in [4.69, 9.17) is 0 Å². The van der Waals surface area contributed by atoms with Crippen LogP contribution in [-0.2, 0) is 0 Å². The number of hydrogen-bond donors (Lipinski definition) is 0. The van der Waals surface area contributed by atoms with Crippen molar-refractivity contribution in [2.75, 3.05) is 9.80 Å². The molecular weight excluding hydrogens is 781 g/mol. The quantitative estimate of drug-likeness (QED) is 0.106. The fraction of sp³-hybridized carbons (Fsp3) is 0.103. The molecule has 0 saturated carbocycles. The van der Waals surface area contributed by atoms with Gasteiger partial charge in [-0.15, -0.1) is 0 Å².